The van der Waals surface area contributed by atoms with Gasteiger partial charge >= 0.3 is 0 Å². The molecular weight excluding hydrogens is 387 g/mol. The van der Waals surface area contributed by atoms with Crippen molar-refractivity contribution in [2.75, 3.05) is 6.54 Å². The van der Waals surface area contributed by atoms with Crippen LogP contribution < -0.4 is 0 Å². The van der Waals surface area contributed by atoms with Gasteiger partial charge in [0.05, 0.1) is 27.4 Å². The van der Waals surface area contributed by atoms with Gasteiger partial charge in [0.15, 0.2) is 0 Å². The SMILES string of the molecule is CCN(C(=O)c1cc(F)ccc1-n1cc(Br)c2ncncc21)C(C)C. The van der Waals surface area contributed by atoms with E-state index in [1.807, 2.05) is 27.0 Å². The number of fused-ring (bicyclic) bond motifs is 1. The standard InChI is InChI=1S/C18H18BrFN4O/c1-4-23(11(2)3)18(25)13-7-12(20)5-6-15(13)24-9-14(19)17-16(24)8-21-10-22-17/h5-11H,4H2,1-3H3. The molecule has 0 fully saturated rings. The molecule has 0 unspecified atom stereocenters. The van der Waals surface area contributed by atoms with Gasteiger partial charge in [-0.2, -0.15) is 0 Å². The number of carbonyl (C=O) groups is 1. The van der Waals surface area contributed by atoms with Gasteiger partial charge in [-0.25, -0.2) is 14.4 Å². The van der Waals surface area contributed by atoms with Crippen LogP contribution in [0.15, 0.2) is 41.4 Å². The maximum Gasteiger partial charge on any atom is 0.256 e. The minimum Gasteiger partial charge on any atom is -0.336 e. The second kappa shape index (κ2) is 6.92. The normalized spacial score (nSPS) is 11.3. The summed E-state index contributed by atoms with van der Waals surface area (Å²) in [5, 5.41) is 0. The average Bonchev–Trinajstić information content (AvgIpc) is 2.92. The van der Waals surface area contributed by atoms with Gasteiger partial charge in [0, 0.05) is 18.8 Å². The van der Waals surface area contributed by atoms with E-state index in [0.717, 1.165) is 15.5 Å². The Kier molecular flexibility index (Phi) is 4.85. The molecule has 5 nitrogen and oxygen atoms in total. The topological polar surface area (TPSA) is 51.0 Å². The highest BCUT2D eigenvalue weighted by molar-refractivity contribution is 9.10. The molecule has 7 heteroatoms. The van der Waals surface area contributed by atoms with E-state index in [4.69, 9.17) is 0 Å². The summed E-state index contributed by atoms with van der Waals surface area (Å²) in [5.74, 6) is -0.652. The molecule has 0 bridgehead atoms. The summed E-state index contributed by atoms with van der Waals surface area (Å²) < 4.78 is 16.5. The Labute approximate surface area is 153 Å². The summed E-state index contributed by atoms with van der Waals surface area (Å²) in [4.78, 5) is 23.0. The van der Waals surface area contributed by atoms with Crippen molar-refractivity contribution in [2.24, 2.45) is 0 Å². The zero-order valence-electron chi connectivity index (χ0n) is 14.2. The van der Waals surface area contributed by atoms with Crippen molar-refractivity contribution >= 4 is 32.9 Å². The number of hydrogen-bond acceptors (Lipinski definition) is 3. The van der Waals surface area contributed by atoms with Gasteiger partial charge in [-0.15, -0.1) is 0 Å². The third-order valence-corrected chi connectivity index (χ3v) is 4.67. The summed E-state index contributed by atoms with van der Waals surface area (Å²) >= 11 is 3.48. The van der Waals surface area contributed by atoms with Crippen LogP contribution in [0.25, 0.3) is 16.7 Å². The summed E-state index contributed by atoms with van der Waals surface area (Å²) in [7, 11) is 0. The minimum atomic E-state index is -0.446. The summed E-state index contributed by atoms with van der Waals surface area (Å²) in [6, 6.07) is 4.26. The minimum absolute atomic E-state index is 0.0186. The zero-order chi connectivity index (χ0) is 18.1. The molecule has 2 aromatic heterocycles. The summed E-state index contributed by atoms with van der Waals surface area (Å²) in [6.45, 7) is 6.34. The van der Waals surface area contributed by atoms with Crippen LogP contribution in [0.4, 0.5) is 4.39 Å². The lowest BCUT2D eigenvalue weighted by atomic mass is 10.1. The van der Waals surface area contributed by atoms with Crippen LogP contribution in [0.3, 0.4) is 0 Å². The van der Waals surface area contributed by atoms with Crippen molar-refractivity contribution in [1.29, 1.82) is 0 Å². The van der Waals surface area contributed by atoms with E-state index in [9.17, 15) is 9.18 Å². The van der Waals surface area contributed by atoms with E-state index in [1.165, 1.54) is 18.5 Å². The van der Waals surface area contributed by atoms with Crippen LogP contribution in [0, 0.1) is 5.82 Å². The number of carbonyl (C=O) groups excluding carboxylic acids is 1. The third kappa shape index (κ3) is 3.16. The van der Waals surface area contributed by atoms with Crippen LogP contribution in [0.2, 0.25) is 0 Å². The van der Waals surface area contributed by atoms with Crippen LogP contribution in [0.1, 0.15) is 31.1 Å². The molecule has 0 atom stereocenters. The van der Waals surface area contributed by atoms with E-state index in [1.54, 1.807) is 21.7 Å². The highest BCUT2D eigenvalue weighted by atomic mass is 79.9. The van der Waals surface area contributed by atoms with Crippen molar-refractivity contribution in [1.82, 2.24) is 19.4 Å². The van der Waals surface area contributed by atoms with Gasteiger partial charge in [0.25, 0.3) is 5.91 Å². The number of aromatic nitrogens is 3. The number of amides is 1. The van der Waals surface area contributed by atoms with Gasteiger partial charge in [-0.05, 0) is 54.9 Å². The molecule has 0 N–H and O–H groups in total. The van der Waals surface area contributed by atoms with Gasteiger partial charge in [-0.3, -0.25) is 4.79 Å². The largest absolute Gasteiger partial charge is 0.336 e. The highest BCUT2D eigenvalue weighted by Crippen LogP contribution is 2.29. The maximum absolute atomic E-state index is 13.9. The quantitative estimate of drug-likeness (QED) is 0.654. The summed E-state index contributed by atoms with van der Waals surface area (Å²) in [5.41, 5.74) is 2.37. The van der Waals surface area contributed by atoms with Crippen molar-refractivity contribution in [2.45, 2.75) is 26.8 Å². The number of halogens is 2. The molecule has 0 saturated heterocycles. The Hall–Kier alpha value is -2.28. The first-order chi connectivity index (χ1) is 11.9. The van der Waals surface area contributed by atoms with Gasteiger partial charge < -0.3 is 9.47 Å². The van der Waals surface area contributed by atoms with Crippen molar-refractivity contribution in [3.05, 3.63) is 52.8 Å². The van der Waals surface area contributed by atoms with Crippen LogP contribution in [-0.2, 0) is 0 Å². The molecule has 0 spiro atoms. The highest BCUT2D eigenvalue weighted by Gasteiger charge is 2.22. The molecule has 0 aliphatic rings. The van der Waals surface area contributed by atoms with Crippen LogP contribution in [-0.4, -0.2) is 37.9 Å². The van der Waals surface area contributed by atoms with Crippen LogP contribution in [0.5, 0.6) is 0 Å². The average molecular weight is 405 g/mol. The van der Waals surface area contributed by atoms with E-state index < -0.39 is 5.82 Å². The van der Waals surface area contributed by atoms with Gasteiger partial charge in [0.1, 0.15) is 17.7 Å². The van der Waals surface area contributed by atoms with E-state index >= 15 is 0 Å². The Morgan fingerprint density at radius 1 is 1.40 bits per heavy atom. The molecule has 1 aromatic carbocycles. The molecule has 3 aromatic rings. The molecule has 0 aliphatic heterocycles. The number of nitrogens with zero attached hydrogens (tertiary/aromatic N) is 4. The fraction of sp³-hybridized carbons (Fsp3) is 0.278. The third-order valence-electron chi connectivity index (χ3n) is 4.09. The monoisotopic (exact) mass is 404 g/mol. The molecule has 1 amide bonds. The molecule has 2 heterocycles. The lowest BCUT2D eigenvalue weighted by molar-refractivity contribution is 0.0716. The Morgan fingerprint density at radius 2 is 2.16 bits per heavy atom. The Bertz CT molecular complexity index is 938. The first kappa shape index (κ1) is 17.5. The van der Waals surface area contributed by atoms with Crippen molar-refractivity contribution < 1.29 is 9.18 Å². The number of benzene rings is 1. The molecule has 130 valence electrons. The van der Waals surface area contributed by atoms with Crippen molar-refractivity contribution in [3.8, 4) is 5.69 Å². The van der Waals surface area contributed by atoms with E-state index in [2.05, 4.69) is 25.9 Å². The Morgan fingerprint density at radius 3 is 2.84 bits per heavy atom. The molecular formula is C18H18BrFN4O. The predicted molar refractivity (Wildman–Crippen MR) is 98.4 cm³/mol. The van der Waals surface area contributed by atoms with E-state index in [-0.39, 0.29) is 11.9 Å². The zero-order valence-corrected chi connectivity index (χ0v) is 15.8. The van der Waals surface area contributed by atoms with E-state index in [0.29, 0.717) is 17.8 Å². The van der Waals surface area contributed by atoms with Crippen LogP contribution >= 0.6 is 15.9 Å². The molecule has 0 radical (unpaired) electrons. The molecule has 3 rings (SSSR count). The smallest absolute Gasteiger partial charge is 0.256 e. The van der Waals surface area contributed by atoms with Crippen molar-refractivity contribution in [3.63, 3.8) is 0 Å². The number of hydrogen-bond donors (Lipinski definition) is 0. The fourth-order valence-corrected chi connectivity index (χ4v) is 3.42. The molecule has 0 aliphatic carbocycles. The molecule has 0 saturated carbocycles. The second-order valence-electron chi connectivity index (χ2n) is 5.95. The maximum atomic E-state index is 13.9. The van der Waals surface area contributed by atoms with Gasteiger partial charge in [0.2, 0.25) is 0 Å². The molecule has 25 heavy (non-hydrogen) atoms. The first-order valence-corrected chi connectivity index (χ1v) is 8.80. The lowest BCUT2D eigenvalue weighted by Crippen LogP contribution is -2.37. The summed E-state index contributed by atoms with van der Waals surface area (Å²) in [6.07, 6.45) is 4.95. The lowest BCUT2D eigenvalue weighted by Gasteiger charge is -2.26. The second-order valence-corrected chi connectivity index (χ2v) is 6.80. The number of rotatable bonds is 4. The predicted octanol–water partition coefficient (Wildman–Crippen LogP) is 4.19. The first-order valence-electron chi connectivity index (χ1n) is 8.01. The fourth-order valence-electron chi connectivity index (χ4n) is 2.91. The Balaban J connectivity index is 2.22. The van der Waals surface area contributed by atoms with Gasteiger partial charge in [-0.1, -0.05) is 0 Å².